The molecule has 0 fully saturated rings. The topological polar surface area (TPSA) is 59.8 Å². The number of nitrogens with one attached hydrogen (secondary N) is 1. The minimum atomic E-state index is 0.0696. The number of anilines is 1. The molecule has 2 aromatic heterocycles. The van der Waals surface area contributed by atoms with Gasteiger partial charge in [0.1, 0.15) is 5.01 Å². The number of rotatable bonds is 4. The van der Waals surface area contributed by atoms with Gasteiger partial charge in [0.2, 0.25) is 5.13 Å². The highest BCUT2D eigenvalue weighted by Crippen LogP contribution is 2.17. The molecule has 0 spiro atoms. The van der Waals surface area contributed by atoms with Gasteiger partial charge >= 0.3 is 4.87 Å². The molecule has 17 heavy (non-hydrogen) atoms. The van der Waals surface area contributed by atoms with E-state index in [1.807, 2.05) is 20.8 Å². The number of aromatic nitrogens is 3. The van der Waals surface area contributed by atoms with Crippen molar-refractivity contribution in [1.82, 2.24) is 14.8 Å². The van der Waals surface area contributed by atoms with E-state index >= 15 is 0 Å². The Morgan fingerprint density at radius 3 is 2.65 bits per heavy atom. The normalized spacial score (nSPS) is 10.8. The van der Waals surface area contributed by atoms with Crippen LogP contribution in [0.15, 0.2) is 4.79 Å². The van der Waals surface area contributed by atoms with Gasteiger partial charge in [-0.1, -0.05) is 22.7 Å². The first-order valence-corrected chi connectivity index (χ1v) is 6.98. The Kier molecular flexibility index (Phi) is 3.58. The number of thiazole rings is 1. The lowest BCUT2D eigenvalue weighted by atomic mass is 10.4. The Hall–Kier alpha value is -1.21. The van der Waals surface area contributed by atoms with Crippen LogP contribution in [0.1, 0.15) is 22.5 Å². The maximum absolute atomic E-state index is 11.7. The number of hydrogen-bond donors (Lipinski definition) is 1. The van der Waals surface area contributed by atoms with Crippen molar-refractivity contribution in [2.75, 3.05) is 11.9 Å². The molecule has 2 rings (SSSR count). The summed E-state index contributed by atoms with van der Waals surface area (Å²) in [7, 11) is 0. The number of nitrogens with zero attached hydrogens (tertiary/aromatic N) is 3. The van der Waals surface area contributed by atoms with E-state index in [-0.39, 0.29) is 4.87 Å². The standard InChI is InChI=1S/C10H14N4OS2/c1-4-11-9-13-12-8(17-9)5-14-6(2)7(3)16-10(14)15/h4-5H2,1-3H3,(H,11,13). The Labute approximate surface area is 107 Å². The van der Waals surface area contributed by atoms with Gasteiger partial charge in [0.25, 0.3) is 0 Å². The van der Waals surface area contributed by atoms with Crippen molar-refractivity contribution < 1.29 is 0 Å². The van der Waals surface area contributed by atoms with E-state index < -0.39 is 0 Å². The fourth-order valence-corrected chi connectivity index (χ4v) is 3.07. The zero-order chi connectivity index (χ0) is 12.4. The summed E-state index contributed by atoms with van der Waals surface area (Å²) in [5.74, 6) is 0. The van der Waals surface area contributed by atoms with Crippen LogP contribution in [0.4, 0.5) is 5.13 Å². The number of aryl methyl sites for hydroxylation is 1. The van der Waals surface area contributed by atoms with Crippen LogP contribution in [0.25, 0.3) is 0 Å². The maximum Gasteiger partial charge on any atom is 0.307 e. The number of hydrogen-bond acceptors (Lipinski definition) is 6. The quantitative estimate of drug-likeness (QED) is 0.921. The van der Waals surface area contributed by atoms with E-state index in [4.69, 9.17) is 0 Å². The van der Waals surface area contributed by atoms with Crippen LogP contribution >= 0.6 is 22.7 Å². The molecule has 1 N–H and O–H groups in total. The molecule has 2 aromatic rings. The summed E-state index contributed by atoms with van der Waals surface area (Å²) in [5, 5.41) is 12.9. The van der Waals surface area contributed by atoms with Gasteiger partial charge in [-0.25, -0.2) is 0 Å². The van der Waals surface area contributed by atoms with Crippen molar-refractivity contribution in [1.29, 1.82) is 0 Å². The minimum absolute atomic E-state index is 0.0696. The first-order chi connectivity index (χ1) is 8.11. The molecule has 0 atom stereocenters. The maximum atomic E-state index is 11.7. The first kappa shape index (κ1) is 12.3. The van der Waals surface area contributed by atoms with E-state index in [0.29, 0.717) is 6.54 Å². The third kappa shape index (κ3) is 2.55. The van der Waals surface area contributed by atoms with Crippen LogP contribution in [0.2, 0.25) is 0 Å². The molecule has 5 nitrogen and oxygen atoms in total. The van der Waals surface area contributed by atoms with Crippen LogP contribution in [-0.2, 0) is 6.54 Å². The molecule has 0 saturated carbocycles. The van der Waals surface area contributed by atoms with E-state index in [1.54, 1.807) is 4.57 Å². The van der Waals surface area contributed by atoms with E-state index in [9.17, 15) is 4.79 Å². The van der Waals surface area contributed by atoms with Gasteiger partial charge in [-0.2, -0.15) is 0 Å². The van der Waals surface area contributed by atoms with E-state index in [2.05, 4.69) is 15.5 Å². The van der Waals surface area contributed by atoms with Crippen molar-refractivity contribution >= 4 is 27.8 Å². The van der Waals surface area contributed by atoms with Crippen molar-refractivity contribution in [3.8, 4) is 0 Å². The largest absolute Gasteiger partial charge is 0.360 e. The predicted octanol–water partition coefficient (Wildman–Crippen LogP) is 1.86. The van der Waals surface area contributed by atoms with Crippen LogP contribution < -0.4 is 10.2 Å². The molecule has 0 saturated heterocycles. The second kappa shape index (κ2) is 4.97. The Morgan fingerprint density at radius 2 is 2.06 bits per heavy atom. The van der Waals surface area contributed by atoms with Gasteiger partial charge in [-0.05, 0) is 20.8 Å². The molecule has 92 valence electrons. The summed E-state index contributed by atoms with van der Waals surface area (Å²) in [6, 6.07) is 0. The lowest BCUT2D eigenvalue weighted by Crippen LogP contribution is -2.15. The second-order valence-corrected chi connectivity index (χ2v) is 5.85. The van der Waals surface area contributed by atoms with Crippen LogP contribution in [-0.4, -0.2) is 21.3 Å². The molecule has 0 aliphatic heterocycles. The smallest absolute Gasteiger partial charge is 0.307 e. The second-order valence-electron chi connectivity index (χ2n) is 3.63. The Bertz CT molecular complexity index is 569. The van der Waals surface area contributed by atoms with Gasteiger partial charge < -0.3 is 5.32 Å². The predicted molar refractivity (Wildman–Crippen MR) is 71.2 cm³/mol. The van der Waals surface area contributed by atoms with Gasteiger partial charge in [-0.3, -0.25) is 9.36 Å². The summed E-state index contributed by atoms with van der Waals surface area (Å²) in [5.41, 5.74) is 1.01. The highest BCUT2D eigenvalue weighted by atomic mass is 32.1. The highest BCUT2D eigenvalue weighted by Gasteiger charge is 2.10. The monoisotopic (exact) mass is 270 g/mol. The SMILES string of the molecule is CCNc1nnc(Cn2c(C)c(C)sc2=O)s1. The van der Waals surface area contributed by atoms with Crippen LogP contribution in [0.5, 0.6) is 0 Å². The molecule has 0 aliphatic rings. The van der Waals surface area contributed by atoms with Gasteiger partial charge in [0.15, 0.2) is 0 Å². The highest BCUT2D eigenvalue weighted by molar-refractivity contribution is 7.15. The summed E-state index contributed by atoms with van der Waals surface area (Å²) in [4.78, 5) is 12.9. The average Bonchev–Trinajstić information content (AvgIpc) is 2.81. The molecule has 7 heteroatoms. The summed E-state index contributed by atoms with van der Waals surface area (Å²) in [6.07, 6.45) is 0. The van der Waals surface area contributed by atoms with Crippen LogP contribution in [0, 0.1) is 13.8 Å². The lowest BCUT2D eigenvalue weighted by Gasteiger charge is -2.00. The third-order valence-corrected chi connectivity index (χ3v) is 4.33. The molecule has 0 bridgehead atoms. The molecule has 0 amide bonds. The lowest BCUT2D eigenvalue weighted by molar-refractivity contribution is 0.737. The zero-order valence-corrected chi connectivity index (χ0v) is 11.6. The fraction of sp³-hybridized carbons (Fsp3) is 0.500. The van der Waals surface area contributed by atoms with Crippen molar-refractivity contribution in [3.63, 3.8) is 0 Å². The summed E-state index contributed by atoms with van der Waals surface area (Å²) in [6.45, 7) is 7.27. The van der Waals surface area contributed by atoms with Crippen molar-refractivity contribution in [3.05, 3.63) is 25.2 Å². The van der Waals surface area contributed by atoms with Crippen molar-refractivity contribution in [2.45, 2.75) is 27.3 Å². The minimum Gasteiger partial charge on any atom is -0.360 e. The van der Waals surface area contributed by atoms with Crippen LogP contribution in [0.3, 0.4) is 0 Å². The Balaban J connectivity index is 2.22. The van der Waals surface area contributed by atoms with Gasteiger partial charge in [-0.15, -0.1) is 10.2 Å². The molecular formula is C10H14N4OS2. The molecule has 0 aromatic carbocycles. The zero-order valence-electron chi connectivity index (χ0n) is 9.98. The van der Waals surface area contributed by atoms with E-state index in [0.717, 1.165) is 27.3 Å². The summed E-state index contributed by atoms with van der Waals surface area (Å²) < 4.78 is 1.75. The van der Waals surface area contributed by atoms with Gasteiger partial charge in [0, 0.05) is 17.1 Å². The molecule has 2 heterocycles. The summed E-state index contributed by atoms with van der Waals surface area (Å²) >= 11 is 2.77. The molecular weight excluding hydrogens is 256 g/mol. The fourth-order valence-electron chi connectivity index (χ4n) is 1.45. The average molecular weight is 270 g/mol. The van der Waals surface area contributed by atoms with Gasteiger partial charge in [0.05, 0.1) is 6.54 Å². The van der Waals surface area contributed by atoms with Crippen molar-refractivity contribution in [2.24, 2.45) is 0 Å². The molecule has 0 aliphatic carbocycles. The van der Waals surface area contributed by atoms with E-state index in [1.165, 1.54) is 22.7 Å². The molecule has 0 unspecified atom stereocenters. The Morgan fingerprint density at radius 1 is 1.29 bits per heavy atom. The first-order valence-electron chi connectivity index (χ1n) is 5.35. The third-order valence-electron chi connectivity index (χ3n) is 2.46. The molecule has 0 radical (unpaired) electrons.